The van der Waals surface area contributed by atoms with Crippen molar-refractivity contribution in [1.29, 1.82) is 0 Å². The van der Waals surface area contributed by atoms with E-state index in [0.717, 1.165) is 23.8 Å². The van der Waals surface area contributed by atoms with Crippen LogP contribution in [0.1, 0.15) is 11.1 Å². The van der Waals surface area contributed by atoms with Gasteiger partial charge in [-0.1, -0.05) is 23.7 Å². The fraction of sp³-hybridized carbons (Fsp3) is 0.143. The highest BCUT2D eigenvalue weighted by Crippen LogP contribution is 2.32. The molecule has 7 heteroatoms. The highest BCUT2D eigenvalue weighted by Gasteiger charge is 2.31. The Kier molecular flexibility index (Phi) is 4.58. The molecule has 0 heterocycles. The molecule has 0 aliphatic heterocycles. The number of benzene rings is 2. The normalized spacial score (nSPS) is 13.1. The molecular formula is C14H11ClF3NOS. The van der Waals surface area contributed by atoms with Crippen LogP contribution in [0, 0.1) is 0 Å². The molecule has 0 bridgehead atoms. The molecule has 112 valence electrons. The Hall–Kier alpha value is -1.53. The van der Waals surface area contributed by atoms with Crippen molar-refractivity contribution in [2.75, 3.05) is 5.73 Å². The van der Waals surface area contributed by atoms with Gasteiger partial charge in [0, 0.05) is 10.7 Å². The van der Waals surface area contributed by atoms with E-state index >= 15 is 0 Å². The van der Waals surface area contributed by atoms with Gasteiger partial charge < -0.3 is 5.73 Å². The average Bonchev–Trinajstić information content (AvgIpc) is 2.37. The zero-order valence-corrected chi connectivity index (χ0v) is 12.2. The minimum atomic E-state index is -4.47. The molecule has 0 aliphatic rings. The Morgan fingerprint density at radius 1 is 1.14 bits per heavy atom. The van der Waals surface area contributed by atoms with Gasteiger partial charge in [-0.25, -0.2) is 0 Å². The van der Waals surface area contributed by atoms with Crippen LogP contribution in [0.4, 0.5) is 18.9 Å². The SMILES string of the molecule is Nc1cc(C(F)(F)F)ccc1S(=O)Cc1cccc(Cl)c1. The molecule has 1 atom stereocenters. The molecule has 2 aromatic rings. The summed E-state index contributed by atoms with van der Waals surface area (Å²) < 4.78 is 49.9. The number of halogens is 4. The van der Waals surface area contributed by atoms with Crippen LogP contribution in [-0.4, -0.2) is 4.21 Å². The molecule has 0 saturated carbocycles. The second-order valence-electron chi connectivity index (χ2n) is 4.37. The molecule has 0 fully saturated rings. The zero-order valence-electron chi connectivity index (χ0n) is 10.7. The molecule has 2 N–H and O–H groups in total. The van der Waals surface area contributed by atoms with Crippen LogP contribution in [0.3, 0.4) is 0 Å². The van der Waals surface area contributed by atoms with Crippen molar-refractivity contribution >= 4 is 28.1 Å². The third-order valence-electron chi connectivity index (χ3n) is 2.77. The van der Waals surface area contributed by atoms with Gasteiger partial charge in [0.25, 0.3) is 0 Å². The van der Waals surface area contributed by atoms with Crippen molar-refractivity contribution < 1.29 is 17.4 Å². The van der Waals surface area contributed by atoms with Crippen molar-refractivity contribution in [2.45, 2.75) is 16.8 Å². The van der Waals surface area contributed by atoms with E-state index in [-0.39, 0.29) is 16.3 Å². The Balaban J connectivity index is 2.24. The first-order valence-electron chi connectivity index (χ1n) is 5.87. The van der Waals surface area contributed by atoms with Gasteiger partial charge in [-0.2, -0.15) is 13.2 Å². The lowest BCUT2D eigenvalue weighted by molar-refractivity contribution is -0.137. The Bertz CT molecular complexity index is 688. The summed E-state index contributed by atoms with van der Waals surface area (Å²) in [5.74, 6) is 0.135. The highest BCUT2D eigenvalue weighted by molar-refractivity contribution is 7.84. The summed E-state index contributed by atoms with van der Waals surface area (Å²) in [5.41, 5.74) is 5.31. The van der Waals surface area contributed by atoms with Crippen molar-refractivity contribution in [3.8, 4) is 0 Å². The number of hydrogen-bond acceptors (Lipinski definition) is 2. The summed E-state index contributed by atoms with van der Waals surface area (Å²) in [4.78, 5) is 0.183. The van der Waals surface area contributed by atoms with Crippen LogP contribution in [0.25, 0.3) is 0 Å². The van der Waals surface area contributed by atoms with Crippen LogP contribution >= 0.6 is 11.6 Å². The molecule has 2 aromatic carbocycles. The summed E-state index contributed by atoms with van der Waals surface area (Å²) in [6.07, 6.45) is -4.47. The van der Waals surface area contributed by atoms with Crippen molar-refractivity contribution in [1.82, 2.24) is 0 Å². The van der Waals surface area contributed by atoms with Crippen LogP contribution in [0.2, 0.25) is 5.02 Å². The molecule has 21 heavy (non-hydrogen) atoms. The van der Waals surface area contributed by atoms with Crippen molar-refractivity contribution in [2.24, 2.45) is 0 Å². The predicted octanol–water partition coefficient (Wildman–Crippen LogP) is 4.25. The quantitative estimate of drug-likeness (QED) is 0.853. The van der Waals surface area contributed by atoms with E-state index in [1.165, 1.54) is 0 Å². The lowest BCUT2D eigenvalue weighted by Crippen LogP contribution is -2.08. The van der Waals surface area contributed by atoms with E-state index in [1.54, 1.807) is 24.3 Å². The molecule has 0 amide bonds. The average molecular weight is 334 g/mol. The van der Waals surface area contributed by atoms with E-state index in [0.29, 0.717) is 5.02 Å². The number of alkyl halides is 3. The van der Waals surface area contributed by atoms with Gasteiger partial charge in [0.15, 0.2) is 0 Å². The van der Waals surface area contributed by atoms with Crippen molar-refractivity contribution in [3.63, 3.8) is 0 Å². The van der Waals surface area contributed by atoms with Crippen LogP contribution in [0.5, 0.6) is 0 Å². The lowest BCUT2D eigenvalue weighted by atomic mass is 10.2. The van der Waals surface area contributed by atoms with E-state index in [4.69, 9.17) is 17.3 Å². The summed E-state index contributed by atoms with van der Waals surface area (Å²) in [6, 6.07) is 9.61. The monoisotopic (exact) mass is 333 g/mol. The van der Waals surface area contributed by atoms with Crippen LogP contribution in [-0.2, 0) is 22.7 Å². The van der Waals surface area contributed by atoms with Gasteiger partial charge in [-0.3, -0.25) is 4.21 Å². The van der Waals surface area contributed by atoms with Crippen LogP contribution < -0.4 is 5.73 Å². The second kappa shape index (κ2) is 6.07. The van der Waals surface area contributed by atoms with Gasteiger partial charge in [-0.15, -0.1) is 0 Å². The smallest absolute Gasteiger partial charge is 0.398 e. The molecule has 0 saturated heterocycles. The largest absolute Gasteiger partial charge is 0.416 e. The summed E-state index contributed by atoms with van der Waals surface area (Å²) in [5, 5.41) is 0.505. The Morgan fingerprint density at radius 3 is 2.43 bits per heavy atom. The van der Waals surface area contributed by atoms with Crippen LogP contribution in [0.15, 0.2) is 47.4 Å². The number of nitrogens with two attached hydrogens (primary N) is 1. The lowest BCUT2D eigenvalue weighted by Gasteiger charge is -2.11. The molecule has 2 rings (SSSR count). The van der Waals surface area contributed by atoms with Gasteiger partial charge in [0.05, 0.1) is 27.0 Å². The minimum Gasteiger partial charge on any atom is -0.398 e. The summed E-state index contributed by atoms with van der Waals surface area (Å²) in [6.45, 7) is 0. The van der Waals surface area contributed by atoms with E-state index in [2.05, 4.69) is 0 Å². The fourth-order valence-corrected chi connectivity index (χ4v) is 3.18. The highest BCUT2D eigenvalue weighted by atomic mass is 35.5. The number of anilines is 1. The first-order chi connectivity index (χ1) is 9.77. The Labute approximate surface area is 127 Å². The maximum absolute atomic E-state index is 12.5. The number of rotatable bonds is 3. The first-order valence-corrected chi connectivity index (χ1v) is 7.56. The number of hydrogen-bond donors (Lipinski definition) is 1. The third kappa shape index (κ3) is 3.98. The molecule has 0 aliphatic carbocycles. The third-order valence-corrected chi connectivity index (χ3v) is 4.46. The standard InChI is InChI=1S/C14H11ClF3NOS/c15-11-3-1-2-9(6-11)8-21(20)13-5-4-10(7-12(13)19)14(16,17)18/h1-7H,8,19H2. The maximum Gasteiger partial charge on any atom is 0.416 e. The van der Waals surface area contributed by atoms with E-state index in [9.17, 15) is 17.4 Å². The molecular weight excluding hydrogens is 323 g/mol. The van der Waals surface area contributed by atoms with E-state index < -0.39 is 22.5 Å². The Morgan fingerprint density at radius 2 is 1.86 bits per heavy atom. The molecule has 0 aromatic heterocycles. The predicted molar refractivity (Wildman–Crippen MR) is 77.4 cm³/mol. The molecule has 0 spiro atoms. The fourth-order valence-electron chi connectivity index (χ4n) is 1.79. The maximum atomic E-state index is 12.5. The summed E-state index contributed by atoms with van der Waals surface area (Å²) >= 11 is 5.83. The molecule has 0 radical (unpaired) electrons. The second-order valence-corrected chi connectivity index (χ2v) is 6.23. The van der Waals surface area contributed by atoms with Gasteiger partial charge in [0.2, 0.25) is 0 Å². The topological polar surface area (TPSA) is 43.1 Å². The first kappa shape index (κ1) is 15.9. The molecule has 1 unspecified atom stereocenters. The molecule has 2 nitrogen and oxygen atoms in total. The van der Waals surface area contributed by atoms with E-state index in [1.807, 2.05) is 0 Å². The number of nitrogen functional groups attached to an aromatic ring is 1. The minimum absolute atomic E-state index is 0.134. The summed E-state index contributed by atoms with van der Waals surface area (Å²) in [7, 11) is -1.54. The van der Waals surface area contributed by atoms with Gasteiger partial charge in [-0.05, 0) is 35.9 Å². The van der Waals surface area contributed by atoms with Gasteiger partial charge in [0.1, 0.15) is 0 Å². The zero-order chi connectivity index (χ0) is 15.6. The van der Waals surface area contributed by atoms with Crippen molar-refractivity contribution in [3.05, 3.63) is 58.6 Å². The van der Waals surface area contributed by atoms with Gasteiger partial charge >= 0.3 is 6.18 Å².